The first kappa shape index (κ1) is 61.7. The first-order chi connectivity index (χ1) is 32.2. The minimum absolute atomic E-state index is 0.00221. The van der Waals surface area contributed by atoms with Crippen LogP contribution in [0.4, 0.5) is 4.79 Å². The van der Waals surface area contributed by atoms with Crippen molar-refractivity contribution in [3.8, 4) is 0 Å². The van der Waals surface area contributed by atoms with Crippen molar-refractivity contribution >= 4 is 89.4 Å². The average molecular weight is 1040 g/mol. The third-order valence-electron chi connectivity index (χ3n) is 9.02. The van der Waals surface area contributed by atoms with Crippen molar-refractivity contribution in [2.24, 2.45) is 0 Å². The van der Waals surface area contributed by atoms with Crippen LogP contribution in [0.3, 0.4) is 0 Å². The molecule has 1 aromatic rings. The molecule has 0 aliphatic heterocycles. The number of carboxylic acids is 2. The van der Waals surface area contributed by atoms with E-state index in [1.54, 1.807) is 20.8 Å². The van der Waals surface area contributed by atoms with Crippen LogP contribution in [0.15, 0.2) is 14.4 Å². The van der Waals surface area contributed by atoms with Crippen LogP contribution >= 0.6 is 35.3 Å². The van der Waals surface area contributed by atoms with Gasteiger partial charge in [0, 0.05) is 73.8 Å². The molecule has 1 heterocycles. The van der Waals surface area contributed by atoms with Crippen molar-refractivity contribution in [2.75, 3.05) is 46.2 Å². The van der Waals surface area contributed by atoms with Gasteiger partial charge in [-0.2, -0.15) is 0 Å². The van der Waals surface area contributed by atoms with E-state index in [4.69, 9.17) is 37.7 Å². The molecule has 0 saturated heterocycles. The van der Waals surface area contributed by atoms with Crippen LogP contribution in [0.1, 0.15) is 106 Å². The standard InChI is InChI=1S/C41H66N4O19S3Si/c1-7-62-68(63-8-2,64-9-3)24-12-17-42-38(55)67-30(6)27-35(52)61-23-20-45-40(57)43(18-21-59-33(50)25-28(4)65-36(53)15-10-13-31(46)47)39(56)44(41(45)58)19-22-60-34(51)26-29(5)66-37(54)16-11-14-32(48)49/h28-30H,7-27H2,1-6H3,(H,42,55)(H,46,47)(H,48,49). The molecule has 68 heavy (non-hydrogen) atoms. The number of aromatic nitrogens is 3. The number of thioether (sulfide) groups is 3. The summed E-state index contributed by atoms with van der Waals surface area (Å²) in [4.78, 5) is 137. The van der Waals surface area contributed by atoms with E-state index < -0.39 is 111 Å². The largest absolute Gasteiger partial charge is 0.500 e. The Morgan fingerprint density at radius 2 is 0.882 bits per heavy atom. The van der Waals surface area contributed by atoms with Crippen molar-refractivity contribution in [1.29, 1.82) is 0 Å². The molecule has 23 nitrogen and oxygen atoms in total. The van der Waals surface area contributed by atoms with Crippen LogP contribution in [0, 0.1) is 0 Å². The van der Waals surface area contributed by atoms with E-state index in [0.717, 1.165) is 35.3 Å². The topological polar surface area (TPSA) is 310 Å². The molecule has 386 valence electrons. The predicted octanol–water partition coefficient (Wildman–Crippen LogP) is 3.05. The Balaban J connectivity index is 3.00. The zero-order valence-electron chi connectivity index (χ0n) is 39.5. The maximum absolute atomic E-state index is 13.5. The second kappa shape index (κ2) is 34.1. The summed E-state index contributed by atoms with van der Waals surface area (Å²) in [7, 11) is -2.88. The van der Waals surface area contributed by atoms with Gasteiger partial charge < -0.3 is 43.0 Å². The lowest BCUT2D eigenvalue weighted by Crippen LogP contribution is -2.55. The zero-order valence-corrected chi connectivity index (χ0v) is 42.9. The third-order valence-corrected chi connectivity index (χ3v) is 15.2. The number of carboxylic acid groups (broad SMARTS) is 2. The second-order valence-electron chi connectivity index (χ2n) is 14.9. The Morgan fingerprint density at radius 3 is 1.21 bits per heavy atom. The summed E-state index contributed by atoms with van der Waals surface area (Å²) in [6.45, 7) is 8.82. The van der Waals surface area contributed by atoms with E-state index in [1.807, 2.05) is 20.8 Å². The molecule has 0 aliphatic rings. The van der Waals surface area contributed by atoms with E-state index in [-0.39, 0.29) is 73.3 Å². The number of nitrogens with one attached hydrogen (secondary N) is 1. The van der Waals surface area contributed by atoms with Gasteiger partial charge >= 0.3 is 55.7 Å². The predicted molar refractivity (Wildman–Crippen MR) is 254 cm³/mol. The highest BCUT2D eigenvalue weighted by Crippen LogP contribution is 2.21. The summed E-state index contributed by atoms with van der Waals surface area (Å²) in [5, 5.41) is 17.7. The van der Waals surface area contributed by atoms with Gasteiger partial charge in [-0.05, 0) is 40.0 Å². The molecule has 0 aromatic carbocycles. The van der Waals surface area contributed by atoms with Crippen molar-refractivity contribution in [3.63, 3.8) is 0 Å². The molecule has 3 N–H and O–H groups in total. The zero-order chi connectivity index (χ0) is 51.2. The number of hydrogen-bond acceptors (Lipinski definition) is 20. The second-order valence-corrected chi connectivity index (χ2v) is 22.0. The van der Waals surface area contributed by atoms with Crippen LogP contribution in [-0.2, 0) is 80.7 Å². The van der Waals surface area contributed by atoms with Crippen LogP contribution in [-0.4, -0.2) is 140 Å². The molecular weight excluding hydrogens is 977 g/mol. The van der Waals surface area contributed by atoms with Crippen LogP contribution in [0.5, 0.6) is 0 Å². The summed E-state index contributed by atoms with van der Waals surface area (Å²) in [5.74, 6) is -4.37. The fourth-order valence-corrected chi connectivity index (χ4v) is 11.3. The van der Waals surface area contributed by atoms with Gasteiger partial charge in [-0.25, -0.2) is 28.1 Å². The van der Waals surface area contributed by atoms with Crippen LogP contribution in [0.2, 0.25) is 6.04 Å². The fourth-order valence-electron chi connectivity index (χ4n) is 6.07. The van der Waals surface area contributed by atoms with Gasteiger partial charge in [0.25, 0.3) is 5.24 Å². The number of carbonyl (C=O) groups is 8. The van der Waals surface area contributed by atoms with Crippen molar-refractivity contribution < 1.29 is 76.1 Å². The molecule has 0 aliphatic carbocycles. The van der Waals surface area contributed by atoms with Crippen molar-refractivity contribution in [3.05, 3.63) is 31.5 Å². The highest BCUT2D eigenvalue weighted by Gasteiger charge is 2.39. The summed E-state index contributed by atoms with van der Waals surface area (Å²) < 4.78 is 35.0. The number of aliphatic carboxylic acids is 2. The Bertz CT molecular complexity index is 1900. The van der Waals surface area contributed by atoms with E-state index >= 15 is 0 Å². The lowest BCUT2D eigenvalue weighted by Gasteiger charge is -2.28. The van der Waals surface area contributed by atoms with Gasteiger partial charge in [-0.15, -0.1) is 0 Å². The Kier molecular flexibility index (Phi) is 30.9. The number of esters is 3. The lowest BCUT2D eigenvalue weighted by molar-refractivity contribution is -0.144. The molecule has 0 saturated carbocycles. The van der Waals surface area contributed by atoms with Gasteiger partial charge in [-0.3, -0.25) is 38.4 Å². The van der Waals surface area contributed by atoms with Crippen molar-refractivity contribution in [2.45, 2.75) is 147 Å². The Morgan fingerprint density at radius 1 is 0.544 bits per heavy atom. The summed E-state index contributed by atoms with van der Waals surface area (Å²) in [6.07, 6.45) is -0.235. The quantitative estimate of drug-likeness (QED) is 0.0376. The molecule has 0 spiro atoms. The number of hydrogen-bond donors (Lipinski definition) is 3. The smallest absolute Gasteiger partial charge is 0.481 e. The first-order valence-electron chi connectivity index (χ1n) is 22.3. The number of carbonyl (C=O) groups excluding carboxylic acids is 6. The molecule has 3 unspecified atom stereocenters. The number of ether oxygens (including phenoxy) is 3. The van der Waals surface area contributed by atoms with Crippen LogP contribution < -0.4 is 22.4 Å². The minimum atomic E-state index is -2.88. The maximum atomic E-state index is 13.5. The van der Waals surface area contributed by atoms with Gasteiger partial charge in [-0.1, -0.05) is 56.1 Å². The monoisotopic (exact) mass is 1040 g/mol. The molecule has 3 atom stereocenters. The van der Waals surface area contributed by atoms with Gasteiger partial charge in [0.15, 0.2) is 10.2 Å². The lowest BCUT2D eigenvalue weighted by atomic mass is 10.2. The maximum Gasteiger partial charge on any atom is 0.500 e. The molecule has 1 amide bonds. The Hall–Kier alpha value is -4.28. The highest BCUT2D eigenvalue weighted by atomic mass is 32.2. The molecule has 0 fully saturated rings. The van der Waals surface area contributed by atoms with E-state index in [1.165, 1.54) is 0 Å². The highest BCUT2D eigenvalue weighted by molar-refractivity contribution is 8.14. The Labute approximate surface area is 407 Å². The van der Waals surface area contributed by atoms with Gasteiger partial charge in [0.2, 0.25) is 0 Å². The van der Waals surface area contributed by atoms with E-state index in [0.29, 0.717) is 52.5 Å². The minimum Gasteiger partial charge on any atom is -0.481 e. The van der Waals surface area contributed by atoms with E-state index in [2.05, 4.69) is 5.32 Å². The summed E-state index contributed by atoms with van der Waals surface area (Å²) in [6, 6.07) is 0.495. The van der Waals surface area contributed by atoms with Crippen LogP contribution in [0.25, 0.3) is 0 Å². The molecule has 0 bridgehead atoms. The number of amides is 1. The van der Waals surface area contributed by atoms with Gasteiger partial charge in [0.1, 0.15) is 19.8 Å². The molecule has 27 heteroatoms. The third kappa shape index (κ3) is 25.9. The SMILES string of the molecule is CCO[Si](CCCNC(=O)SC(C)CC(=O)OCCn1c(=O)n(CCOC(=O)CC(C)SC(=O)CCCC(=O)O)c(=O)n(CCOC(=O)CC(C)SC(=O)CCCC(=O)O)c1=O)(OCC)OCC. The average Bonchev–Trinajstić information content (AvgIpc) is 3.23. The van der Waals surface area contributed by atoms with E-state index in [9.17, 15) is 52.7 Å². The number of rotatable bonds is 36. The molecular formula is C41H66N4O19S3Si. The molecule has 1 aromatic heterocycles. The summed E-state index contributed by atoms with van der Waals surface area (Å²) >= 11 is 2.57. The fraction of sp³-hybridized carbons (Fsp3) is 0.732. The van der Waals surface area contributed by atoms with Crippen molar-refractivity contribution in [1.82, 2.24) is 19.0 Å². The summed E-state index contributed by atoms with van der Waals surface area (Å²) in [5.41, 5.74) is -3.38. The molecule has 1 rings (SSSR count). The van der Waals surface area contributed by atoms with Gasteiger partial charge in [0.05, 0.1) is 38.9 Å². The molecule has 0 radical (unpaired) electrons. The number of nitrogens with zero attached hydrogens (tertiary/aromatic N) is 3. The normalized spacial score (nSPS) is 12.7. The first-order valence-corrected chi connectivity index (χ1v) is 26.8.